The number of carbonyl (C=O) groups is 1. The highest BCUT2D eigenvalue weighted by atomic mass is 35.5. The number of piperidine rings is 1. The van der Waals surface area contributed by atoms with E-state index in [0.29, 0.717) is 17.9 Å². The summed E-state index contributed by atoms with van der Waals surface area (Å²) in [6, 6.07) is 31.9. The molecule has 0 radical (unpaired) electrons. The van der Waals surface area contributed by atoms with E-state index in [4.69, 9.17) is 16.3 Å². The molecule has 4 aromatic rings. The minimum Gasteiger partial charge on any atom is -0.423 e. The summed E-state index contributed by atoms with van der Waals surface area (Å²) in [6.07, 6.45) is 8.34. The molecule has 0 N–H and O–H groups in total. The van der Waals surface area contributed by atoms with Gasteiger partial charge in [0.2, 0.25) is 5.69 Å². The van der Waals surface area contributed by atoms with Gasteiger partial charge in [0.1, 0.15) is 5.75 Å². The molecule has 4 aromatic carbocycles. The molecular weight excluding hydrogens is 540 g/mol. The normalized spacial score (nSPS) is 16.1. The summed E-state index contributed by atoms with van der Waals surface area (Å²) >= 11 is 6.47. The first-order valence-electron chi connectivity index (χ1n) is 14.7. The molecule has 1 saturated heterocycles. The molecule has 0 atom stereocenters. The van der Waals surface area contributed by atoms with Gasteiger partial charge in [-0.3, -0.25) is 0 Å². The van der Waals surface area contributed by atoms with Crippen LogP contribution in [-0.2, 0) is 12.0 Å². The third-order valence-electron chi connectivity index (χ3n) is 8.39. The van der Waals surface area contributed by atoms with Gasteiger partial charge >= 0.3 is 5.97 Å². The zero-order valence-corrected chi connectivity index (χ0v) is 25.0. The number of hydrogen-bond acceptors (Lipinski definition) is 3. The number of rotatable bonds is 7. The quantitative estimate of drug-likeness (QED) is 0.125. The Morgan fingerprint density at radius 3 is 2.31 bits per heavy atom. The predicted molar refractivity (Wildman–Crippen MR) is 172 cm³/mol. The van der Waals surface area contributed by atoms with Crippen LogP contribution in [0.25, 0.3) is 6.08 Å². The average molecular weight is 576 g/mol. The first-order chi connectivity index (χ1) is 20.4. The van der Waals surface area contributed by atoms with Crippen molar-refractivity contribution in [1.29, 1.82) is 0 Å². The van der Waals surface area contributed by atoms with E-state index in [1.54, 1.807) is 12.1 Å². The van der Waals surface area contributed by atoms with Gasteiger partial charge in [-0.15, -0.1) is 0 Å². The highest BCUT2D eigenvalue weighted by Crippen LogP contribution is 2.42. The number of benzene rings is 4. The topological polar surface area (TPSA) is 32.5 Å². The maximum absolute atomic E-state index is 12.7. The Labute approximate surface area is 253 Å². The Morgan fingerprint density at radius 2 is 1.60 bits per heavy atom. The number of hydrogen-bond donors (Lipinski definition) is 0. The van der Waals surface area contributed by atoms with Gasteiger partial charge < -0.3 is 9.64 Å². The standard InChI is InChI=1S/C37H36ClN2O2/c1-37(2)33-25-30(38)18-21-34(33)40(26-28-11-16-29(17-12-28)36(41)42-32-9-5-3-6-10-32)35(37)22-15-27-13-19-31(20-14-27)39-23-7-4-8-24-39/h3,5-6,9-22,25H,4,7-8,23-24,26H2,1-2H3/q+1. The number of fused-ring (bicyclic) bond motifs is 1. The number of para-hydroxylation sites is 1. The Morgan fingerprint density at radius 1 is 0.881 bits per heavy atom. The van der Waals surface area contributed by atoms with Crippen molar-refractivity contribution >= 4 is 40.7 Å². The maximum atomic E-state index is 12.7. The second-order valence-corrected chi connectivity index (χ2v) is 12.1. The molecule has 42 heavy (non-hydrogen) atoms. The van der Waals surface area contributed by atoms with Crippen LogP contribution in [-0.4, -0.2) is 29.3 Å². The first kappa shape index (κ1) is 28.0. The highest BCUT2D eigenvalue weighted by molar-refractivity contribution is 6.30. The molecule has 0 unspecified atom stereocenters. The van der Waals surface area contributed by atoms with E-state index in [9.17, 15) is 4.79 Å². The molecule has 212 valence electrons. The molecular formula is C37H36ClN2O2+. The van der Waals surface area contributed by atoms with E-state index in [1.165, 1.54) is 41.8 Å². The lowest BCUT2D eigenvalue weighted by Gasteiger charge is -2.28. The van der Waals surface area contributed by atoms with Crippen LogP contribution in [0.15, 0.2) is 103 Å². The number of ether oxygens (including phenoxy) is 1. The molecule has 1 fully saturated rings. The van der Waals surface area contributed by atoms with E-state index in [-0.39, 0.29) is 11.4 Å². The van der Waals surface area contributed by atoms with E-state index in [0.717, 1.165) is 29.4 Å². The fourth-order valence-corrected chi connectivity index (χ4v) is 6.20. The molecule has 0 amide bonds. The summed E-state index contributed by atoms with van der Waals surface area (Å²) in [5, 5.41) is 0.738. The van der Waals surface area contributed by atoms with Crippen molar-refractivity contribution in [2.24, 2.45) is 0 Å². The Hall–Kier alpha value is -4.15. The molecule has 4 nitrogen and oxygen atoms in total. The summed E-state index contributed by atoms with van der Waals surface area (Å²) < 4.78 is 7.88. The fraction of sp³-hybridized carbons (Fsp3) is 0.243. The number of nitrogens with zero attached hydrogens (tertiary/aromatic N) is 2. The lowest BCUT2D eigenvalue weighted by atomic mass is 9.81. The molecule has 0 aromatic heterocycles. The molecule has 0 spiro atoms. The van der Waals surface area contributed by atoms with Gasteiger partial charge in [0.05, 0.1) is 11.0 Å². The van der Waals surface area contributed by atoms with Crippen molar-refractivity contribution in [3.63, 3.8) is 0 Å². The van der Waals surface area contributed by atoms with E-state index in [2.05, 4.69) is 71.9 Å². The van der Waals surface area contributed by atoms with Gasteiger partial charge in [-0.2, -0.15) is 4.58 Å². The first-order valence-corrected chi connectivity index (χ1v) is 15.1. The Kier molecular flexibility index (Phi) is 7.99. The number of carbonyl (C=O) groups excluding carboxylic acids is 1. The van der Waals surface area contributed by atoms with Crippen LogP contribution in [0.3, 0.4) is 0 Å². The molecule has 2 heterocycles. The maximum Gasteiger partial charge on any atom is 0.343 e. The lowest BCUT2D eigenvalue weighted by molar-refractivity contribution is -0.455. The van der Waals surface area contributed by atoms with Crippen molar-refractivity contribution in [2.75, 3.05) is 18.0 Å². The van der Waals surface area contributed by atoms with Crippen molar-refractivity contribution in [3.8, 4) is 5.75 Å². The van der Waals surface area contributed by atoms with Gasteiger partial charge in [-0.1, -0.05) is 54.1 Å². The van der Waals surface area contributed by atoms with E-state index in [1.807, 2.05) is 48.5 Å². The molecule has 2 aliphatic rings. The molecule has 0 bridgehead atoms. The van der Waals surface area contributed by atoms with Crippen LogP contribution in [0.5, 0.6) is 5.75 Å². The van der Waals surface area contributed by atoms with Gasteiger partial charge in [0.15, 0.2) is 12.3 Å². The van der Waals surface area contributed by atoms with E-state index < -0.39 is 0 Å². The number of anilines is 1. The summed E-state index contributed by atoms with van der Waals surface area (Å²) in [5.41, 5.74) is 7.43. The van der Waals surface area contributed by atoms with Crippen molar-refractivity contribution in [1.82, 2.24) is 0 Å². The third-order valence-corrected chi connectivity index (χ3v) is 8.62. The van der Waals surface area contributed by atoms with Gasteiger partial charge in [0, 0.05) is 47.1 Å². The van der Waals surface area contributed by atoms with Crippen LogP contribution >= 0.6 is 11.6 Å². The zero-order chi connectivity index (χ0) is 29.1. The molecule has 6 rings (SSSR count). The Bertz CT molecular complexity index is 1630. The largest absolute Gasteiger partial charge is 0.423 e. The number of halogens is 1. The summed E-state index contributed by atoms with van der Waals surface area (Å²) in [6.45, 7) is 7.46. The highest BCUT2D eigenvalue weighted by Gasteiger charge is 2.44. The smallest absolute Gasteiger partial charge is 0.343 e. The van der Waals surface area contributed by atoms with Gasteiger partial charge in [0.25, 0.3) is 0 Å². The number of allylic oxidation sites excluding steroid dienone is 1. The van der Waals surface area contributed by atoms with Crippen molar-refractivity contribution in [3.05, 3.63) is 130 Å². The molecule has 5 heteroatoms. The molecule has 2 aliphatic heterocycles. The van der Waals surface area contributed by atoms with Crippen molar-refractivity contribution in [2.45, 2.75) is 45.1 Å². The van der Waals surface area contributed by atoms with Crippen molar-refractivity contribution < 1.29 is 14.1 Å². The Balaban J connectivity index is 1.27. The average Bonchev–Trinajstić information content (AvgIpc) is 3.22. The molecule has 0 saturated carbocycles. The van der Waals surface area contributed by atoms with Crippen LogP contribution in [0.2, 0.25) is 5.02 Å². The summed E-state index contributed by atoms with van der Waals surface area (Å²) in [7, 11) is 0. The second kappa shape index (κ2) is 12.0. The van der Waals surface area contributed by atoms with Gasteiger partial charge in [-0.05, 0) is 93.3 Å². The molecule has 0 aliphatic carbocycles. The minimum absolute atomic E-state index is 0.232. The van der Waals surface area contributed by atoms with Crippen LogP contribution in [0, 0.1) is 0 Å². The number of esters is 1. The van der Waals surface area contributed by atoms with E-state index >= 15 is 0 Å². The lowest BCUT2D eigenvalue weighted by Crippen LogP contribution is -2.29. The third kappa shape index (κ3) is 5.91. The minimum atomic E-state index is -0.364. The fourth-order valence-electron chi connectivity index (χ4n) is 6.02. The zero-order valence-electron chi connectivity index (χ0n) is 24.2. The van der Waals surface area contributed by atoms with Crippen LogP contribution < -0.4 is 9.64 Å². The van der Waals surface area contributed by atoms with Crippen LogP contribution in [0.1, 0.15) is 60.2 Å². The second-order valence-electron chi connectivity index (χ2n) is 11.6. The monoisotopic (exact) mass is 575 g/mol. The van der Waals surface area contributed by atoms with Gasteiger partial charge in [-0.25, -0.2) is 4.79 Å². The predicted octanol–water partition coefficient (Wildman–Crippen LogP) is 8.84. The summed E-state index contributed by atoms with van der Waals surface area (Å²) in [4.78, 5) is 15.2. The SMILES string of the molecule is CC1(C)C(C=Cc2ccc(N3CCCCC3)cc2)=[N+](Cc2ccc(C(=O)Oc3ccccc3)cc2)c2ccc(Cl)cc21. The summed E-state index contributed by atoms with van der Waals surface area (Å²) in [5.74, 6) is 0.171. The van der Waals surface area contributed by atoms with Crippen LogP contribution in [0.4, 0.5) is 11.4 Å².